The van der Waals surface area contributed by atoms with Gasteiger partial charge in [0.2, 0.25) is 0 Å². The maximum atomic E-state index is 5.12. The highest BCUT2D eigenvalue weighted by molar-refractivity contribution is 7.07. The van der Waals surface area contributed by atoms with E-state index in [1.807, 2.05) is 4.68 Å². The number of aryl methyl sites for hydroxylation is 1. The van der Waals surface area contributed by atoms with E-state index in [2.05, 4.69) is 44.5 Å². The van der Waals surface area contributed by atoms with Gasteiger partial charge in [0.1, 0.15) is 12.4 Å². The Morgan fingerprint density at radius 3 is 3.20 bits per heavy atom. The van der Waals surface area contributed by atoms with E-state index >= 15 is 0 Å². The Balaban J connectivity index is 1.56. The van der Waals surface area contributed by atoms with E-state index in [4.69, 9.17) is 9.73 Å². The zero-order chi connectivity index (χ0) is 17.5. The Kier molecular flexibility index (Phi) is 6.41. The third kappa shape index (κ3) is 5.02. The minimum absolute atomic E-state index is 0.309. The molecule has 0 aliphatic carbocycles. The molecule has 0 radical (unpaired) electrons. The van der Waals surface area contributed by atoms with Gasteiger partial charge in [0, 0.05) is 32.7 Å². The number of guanidine groups is 1. The molecule has 2 aromatic heterocycles. The van der Waals surface area contributed by atoms with Gasteiger partial charge in [-0.05, 0) is 42.2 Å². The number of aromatic nitrogens is 3. The van der Waals surface area contributed by atoms with Gasteiger partial charge in [-0.25, -0.2) is 9.67 Å². The molecule has 7 nitrogen and oxygen atoms in total. The van der Waals surface area contributed by atoms with E-state index < -0.39 is 0 Å². The third-order valence-electron chi connectivity index (χ3n) is 4.11. The predicted molar refractivity (Wildman–Crippen MR) is 100.0 cm³/mol. The molecule has 0 saturated carbocycles. The van der Waals surface area contributed by atoms with Crippen LogP contribution in [0.3, 0.4) is 0 Å². The summed E-state index contributed by atoms with van der Waals surface area (Å²) in [6.07, 6.45) is 2.92. The highest BCUT2D eigenvalue weighted by Gasteiger charge is 2.22. The normalized spacial score (nSPS) is 17.4. The number of methoxy groups -OCH3 is 1. The van der Waals surface area contributed by atoms with Gasteiger partial charge in [0.25, 0.3) is 0 Å². The second kappa shape index (κ2) is 8.96. The molecule has 1 atom stereocenters. The van der Waals surface area contributed by atoms with Gasteiger partial charge in [-0.15, -0.1) is 0 Å². The standard InChI is InChI=1S/C17H26N6OS/c1-3-18-17(19-8-6-13-7-9-25-12-13)20-14-4-5-16-21-15(11-24-2)22-23(16)10-14/h7,9,12,14H,3-6,8,10-11H2,1-2H3,(H2,18,19,20). The number of ether oxygens (including phenoxy) is 1. The zero-order valence-electron chi connectivity index (χ0n) is 14.9. The van der Waals surface area contributed by atoms with Crippen molar-refractivity contribution in [1.82, 2.24) is 25.4 Å². The lowest BCUT2D eigenvalue weighted by molar-refractivity contribution is 0.177. The monoisotopic (exact) mass is 362 g/mol. The van der Waals surface area contributed by atoms with Crippen LogP contribution >= 0.6 is 11.3 Å². The van der Waals surface area contributed by atoms with Crippen molar-refractivity contribution in [2.24, 2.45) is 4.99 Å². The van der Waals surface area contributed by atoms with Crippen LogP contribution in [-0.4, -0.2) is 47.0 Å². The Morgan fingerprint density at radius 2 is 2.44 bits per heavy atom. The maximum Gasteiger partial charge on any atom is 0.191 e. The molecule has 1 aliphatic rings. The smallest absolute Gasteiger partial charge is 0.191 e. The Hall–Kier alpha value is -1.93. The van der Waals surface area contributed by atoms with Gasteiger partial charge in [0.15, 0.2) is 11.8 Å². The minimum Gasteiger partial charge on any atom is -0.377 e. The largest absolute Gasteiger partial charge is 0.377 e. The van der Waals surface area contributed by atoms with Crippen LogP contribution in [-0.2, 0) is 30.7 Å². The number of fused-ring (bicyclic) bond motifs is 1. The summed E-state index contributed by atoms with van der Waals surface area (Å²) in [5.41, 5.74) is 1.35. The van der Waals surface area contributed by atoms with Crippen molar-refractivity contribution in [2.45, 2.75) is 45.4 Å². The van der Waals surface area contributed by atoms with Crippen molar-refractivity contribution >= 4 is 17.3 Å². The number of aliphatic imine (C=N–C) groups is 1. The van der Waals surface area contributed by atoms with Crippen molar-refractivity contribution in [2.75, 3.05) is 20.2 Å². The molecule has 3 rings (SSSR count). The molecule has 0 aromatic carbocycles. The lowest BCUT2D eigenvalue weighted by Gasteiger charge is -2.25. The Morgan fingerprint density at radius 1 is 1.52 bits per heavy atom. The first-order valence-electron chi connectivity index (χ1n) is 8.76. The summed E-state index contributed by atoms with van der Waals surface area (Å²) in [5, 5.41) is 15.7. The fourth-order valence-corrected chi connectivity index (χ4v) is 3.62. The summed E-state index contributed by atoms with van der Waals surface area (Å²) < 4.78 is 7.11. The molecule has 0 bridgehead atoms. The Labute approximate surface area is 152 Å². The maximum absolute atomic E-state index is 5.12. The van der Waals surface area contributed by atoms with E-state index in [1.165, 1.54) is 5.56 Å². The summed E-state index contributed by atoms with van der Waals surface area (Å²) in [6.45, 7) is 4.99. The van der Waals surface area contributed by atoms with Gasteiger partial charge >= 0.3 is 0 Å². The molecule has 0 saturated heterocycles. The van der Waals surface area contributed by atoms with E-state index in [1.54, 1.807) is 18.4 Å². The molecular weight excluding hydrogens is 336 g/mol. The number of nitrogens with one attached hydrogen (secondary N) is 2. The predicted octanol–water partition coefficient (Wildman–Crippen LogP) is 1.60. The number of hydrogen-bond donors (Lipinski definition) is 2. The SMILES string of the molecule is CCNC(=NCCc1ccsc1)NC1CCc2nc(COC)nn2C1. The fraction of sp³-hybridized carbons (Fsp3) is 0.588. The van der Waals surface area contributed by atoms with Gasteiger partial charge in [-0.1, -0.05) is 0 Å². The second-order valence-corrected chi connectivity index (χ2v) is 6.86. The minimum atomic E-state index is 0.309. The number of nitrogens with zero attached hydrogens (tertiary/aromatic N) is 4. The van der Waals surface area contributed by atoms with Gasteiger partial charge in [0.05, 0.1) is 6.54 Å². The van der Waals surface area contributed by atoms with Crippen molar-refractivity contribution < 1.29 is 4.74 Å². The average molecular weight is 363 g/mol. The van der Waals surface area contributed by atoms with Gasteiger partial charge in [-0.2, -0.15) is 16.4 Å². The molecule has 0 fully saturated rings. The van der Waals surface area contributed by atoms with Crippen molar-refractivity contribution in [3.63, 3.8) is 0 Å². The van der Waals surface area contributed by atoms with Crippen molar-refractivity contribution in [3.8, 4) is 0 Å². The number of rotatable bonds is 7. The topological polar surface area (TPSA) is 76.4 Å². The molecule has 2 N–H and O–H groups in total. The summed E-state index contributed by atoms with van der Waals surface area (Å²) >= 11 is 1.73. The Bertz CT molecular complexity index is 681. The highest BCUT2D eigenvalue weighted by Crippen LogP contribution is 2.13. The van der Waals surface area contributed by atoms with E-state index in [-0.39, 0.29) is 0 Å². The number of thiophene rings is 1. The molecule has 0 amide bonds. The van der Waals surface area contributed by atoms with Crippen LogP contribution in [0.15, 0.2) is 21.8 Å². The van der Waals surface area contributed by atoms with Crippen molar-refractivity contribution in [3.05, 3.63) is 34.0 Å². The molecule has 1 unspecified atom stereocenters. The fourth-order valence-electron chi connectivity index (χ4n) is 2.91. The van der Waals surface area contributed by atoms with Gasteiger partial charge < -0.3 is 15.4 Å². The van der Waals surface area contributed by atoms with E-state index in [9.17, 15) is 0 Å². The molecule has 0 spiro atoms. The lowest BCUT2D eigenvalue weighted by Crippen LogP contribution is -2.47. The second-order valence-electron chi connectivity index (χ2n) is 6.08. The first-order chi connectivity index (χ1) is 12.3. The van der Waals surface area contributed by atoms with Crippen LogP contribution in [0, 0.1) is 0 Å². The van der Waals surface area contributed by atoms with Crippen LogP contribution < -0.4 is 10.6 Å². The molecule has 3 heterocycles. The highest BCUT2D eigenvalue weighted by atomic mass is 32.1. The zero-order valence-corrected chi connectivity index (χ0v) is 15.7. The third-order valence-corrected chi connectivity index (χ3v) is 4.84. The van der Waals surface area contributed by atoms with Crippen LogP contribution in [0.25, 0.3) is 0 Å². The molecule has 1 aliphatic heterocycles. The average Bonchev–Trinajstić information content (AvgIpc) is 3.24. The molecular formula is C17H26N6OS. The summed E-state index contributed by atoms with van der Waals surface area (Å²) in [4.78, 5) is 9.23. The molecule has 25 heavy (non-hydrogen) atoms. The van der Waals surface area contributed by atoms with E-state index in [0.29, 0.717) is 12.6 Å². The van der Waals surface area contributed by atoms with E-state index in [0.717, 1.165) is 56.5 Å². The molecule has 2 aromatic rings. The molecule has 8 heteroatoms. The lowest BCUT2D eigenvalue weighted by atomic mass is 10.1. The van der Waals surface area contributed by atoms with Gasteiger partial charge in [-0.3, -0.25) is 4.99 Å². The summed E-state index contributed by atoms with van der Waals surface area (Å²) in [6, 6.07) is 2.47. The molecule has 136 valence electrons. The quantitative estimate of drug-likeness (QED) is 0.578. The number of hydrogen-bond acceptors (Lipinski definition) is 5. The summed E-state index contributed by atoms with van der Waals surface area (Å²) in [7, 11) is 1.67. The van der Waals surface area contributed by atoms with Crippen LogP contribution in [0.4, 0.5) is 0 Å². The van der Waals surface area contributed by atoms with Crippen molar-refractivity contribution in [1.29, 1.82) is 0 Å². The first-order valence-corrected chi connectivity index (χ1v) is 9.70. The van der Waals surface area contributed by atoms with Crippen LogP contribution in [0.5, 0.6) is 0 Å². The van der Waals surface area contributed by atoms with Crippen LogP contribution in [0.1, 0.15) is 30.6 Å². The first kappa shape index (κ1) is 17.9. The van der Waals surface area contributed by atoms with Crippen LogP contribution in [0.2, 0.25) is 0 Å². The summed E-state index contributed by atoms with van der Waals surface area (Å²) in [5.74, 6) is 2.68.